The van der Waals surface area contributed by atoms with Crippen LogP contribution in [-0.2, 0) is 6.61 Å². The minimum Gasteiger partial charge on any atom is -0.489 e. The smallest absolute Gasteiger partial charge is 0.255 e. The highest BCUT2D eigenvalue weighted by molar-refractivity contribution is 6.31. The number of carbonyl (C=O) groups excluding carboxylic acids is 1. The fraction of sp³-hybridized carbons (Fsp3) is 0.0952. The summed E-state index contributed by atoms with van der Waals surface area (Å²) in [7, 11) is 0. The second kappa shape index (κ2) is 7.86. The molecule has 0 aliphatic rings. The number of ether oxygens (including phenoxy) is 1. The number of hydrogen-bond donors (Lipinski definition) is 1. The Morgan fingerprint density at radius 1 is 0.960 bits per heavy atom. The highest BCUT2D eigenvalue weighted by Crippen LogP contribution is 2.19. The normalized spacial score (nSPS) is 10.3. The molecule has 126 valence electrons. The summed E-state index contributed by atoms with van der Waals surface area (Å²) in [5.74, 6) is 0.535. The molecule has 0 bridgehead atoms. The molecule has 0 atom stereocenters. The number of carbonyl (C=O) groups is 1. The molecule has 1 amide bonds. The number of anilines is 1. The van der Waals surface area contributed by atoms with Gasteiger partial charge in [-0.3, -0.25) is 4.79 Å². The van der Waals surface area contributed by atoms with E-state index in [1.807, 2.05) is 55.5 Å². The summed E-state index contributed by atoms with van der Waals surface area (Å²) in [5.41, 5.74) is 3.42. The first-order valence-electron chi connectivity index (χ1n) is 7.96. The van der Waals surface area contributed by atoms with Gasteiger partial charge in [-0.2, -0.15) is 0 Å². The summed E-state index contributed by atoms with van der Waals surface area (Å²) >= 11 is 6.11. The molecule has 0 saturated carbocycles. The second-order valence-corrected chi connectivity index (χ2v) is 6.13. The molecule has 3 aromatic carbocycles. The van der Waals surface area contributed by atoms with Crippen molar-refractivity contribution in [1.82, 2.24) is 0 Å². The van der Waals surface area contributed by atoms with Crippen LogP contribution in [0.25, 0.3) is 0 Å². The zero-order valence-electron chi connectivity index (χ0n) is 13.8. The Bertz CT molecular complexity index is 858. The Morgan fingerprint density at radius 2 is 1.64 bits per heavy atom. The summed E-state index contributed by atoms with van der Waals surface area (Å²) in [4.78, 5) is 12.3. The van der Waals surface area contributed by atoms with Crippen molar-refractivity contribution < 1.29 is 9.53 Å². The molecule has 0 aliphatic carbocycles. The third-order valence-electron chi connectivity index (χ3n) is 3.78. The lowest BCUT2D eigenvalue weighted by atomic mass is 10.2. The molecule has 0 unspecified atom stereocenters. The summed E-state index contributed by atoms with van der Waals surface area (Å²) in [6.07, 6.45) is 0. The molecule has 4 heteroatoms. The van der Waals surface area contributed by atoms with Crippen LogP contribution in [-0.4, -0.2) is 5.91 Å². The fourth-order valence-electron chi connectivity index (χ4n) is 2.32. The molecule has 3 rings (SSSR count). The van der Waals surface area contributed by atoms with Crippen LogP contribution in [0.5, 0.6) is 5.75 Å². The van der Waals surface area contributed by atoms with E-state index >= 15 is 0 Å². The van der Waals surface area contributed by atoms with Crippen LogP contribution in [0.3, 0.4) is 0 Å². The van der Waals surface area contributed by atoms with Gasteiger partial charge in [-0.25, -0.2) is 0 Å². The van der Waals surface area contributed by atoms with Crippen molar-refractivity contribution in [1.29, 1.82) is 0 Å². The van der Waals surface area contributed by atoms with Crippen molar-refractivity contribution in [3.05, 3.63) is 94.5 Å². The molecule has 0 fully saturated rings. The lowest BCUT2D eigenvalue weighted by molar-refractivity contribution is 0.102. The number of amides is 1. The van der Waals surface area contributed by atoms with E-state index in [1.54, 1.807) is 24.3 Å². The molecule has 3 aromatic rings. The molecule has 0 radical (unpaired) electrons. The standard InChI is InChI=1S/C21H18ClNO2/c1-15-6-10-18(11-7-15)23-21(24)16-8-12-19(13-9-16)25-14-17-4-2-3-5-20(17)22/h2-13H,14H2,1H3,(H,23,24). The first kappa shape index (κ1) is 17.1. The van der Waals surface area contributed by atoms with Crippen LogP contribution in [0.15, 0.2) is 72.8 Å². The van der Waals surface area contributed by atoms with E-state index < -0.39 is 0 Å². The molecule has 25 heavy (non-hydrogen) atoms. The number of nitrogens with one attached hydrogen (secondary N) is 1. The van der Waals surface area contributed by atoms with Crippen molar-refractivity contribution in [3.63, 3.8) is 0 Å². The maximum absolute atomic E-state index is 12.3. The molecule has 0 aromatic heterocycles. The van der Waals surface area contributed by atoms with E-state index in [0.29, 0.717) is 22.9 Å². The maximum Gasteiger partial charge on any atom is 0.255 e. The largest absolute Gasteiger partial charge is 0.489 e. The predicted octanol–water partition coefficient (Wildman–Crippen LogP) is 5.48. The van der Waals surface area contributed by atoms with Crippen molar-refractivity contribution >= 4 is 23.2 Å². The number of hydrogen-bond acceptors (Lipinski definition) is 2. The van der Waals surface area contributed by atoms with Crippen molar-refractivity contribution in [2.75, 3.05) is 5.32 Å². The van der Waals surface area contributed by atoms with E-state index in [9.17, 15) is 4.79 Å². The minimum absolute atomic E-state index is 0.151. The lowest BCUT2D eigenvalue weighted by Crippen LogP contribution is -2.11. The van der Waals surface area contributed by atoms with E-state index in [4.69, 9.17) is 16.3 Å². The van der Waals surface area contributed by atoms with Crippen molar-refractivity contribution in [2.24, 2.45) is 0 Å². The average Bonchev–Trinajstić information content (AvgIpc) is 2.63. The van der Waals surface area contributed by atoms with Crippen LogP contribution in [0, 0.1) is 6.92 Å². The predicted molar refractivity (Wildman–Crippen MR) is 101 cm³/mol. The Hall–Kier alpha value is -2.78. The topological polar surface area (TPSA) is 38.3 Å². The van der Waals surface area contributed by atoms with E-state index in [0.717, 1.165) is 16.8 Å². The van der Waals surface area contributed by atoms with E-state index in [2.05, 4.69) is 5.32 Å². The van der Waals surface area contributed by atoms with Crippen molar-refractivity contribution in [2.45, 2.75) is 13.5 Å². The zero-order chi connectivity index (χ0) is 17.6. The monoisotopic (exact) mass is 351 g/mol. The number of rotatable bonds is 5. The molecular formula is C21H18ClNO2. The van der Waals surface area contributed by atoms with Gasteiger partial charge in [0.1, 0.15) is 12.4 Å². The summed E-state index contributed by atoms with van der Waals surface area (Å²) in [6, 6.07) is 22.3. The minimum atomic E-state index is -0.151. The van der Waals surface area contributed by atoms with Gasteiger partial charge >= 0.3 is 0 Å². The van der Waals surface area contributed by atoms with Gasteiger partial charge in [0.2, 0.25) is 0 Å². The van der Waals surface area contributed by atoms with Crippen LogP contribution in [0.1, 0.15) is 21.5 Å². The maximum atomic E-state index is 12.3. The first-order valence-corrected chi connectivity index (χ1v) is 8.34. The Kier molecular flexibility index (Phi) is 5.36. The number of benzene rings is 3. The van der Waals surface area contributed by atoms with Gasteiger partial charge in [-0.15, -0.1) is 0 Å². The highest BCUT2D eigenvalue weighted by atomic mass is 35.5. The second-order valence-electron chi connectivity index (χ2n) is 5.72. The van der Waals surface area contributed by atoms with Crippen LogP contribution < -0.4 is 10.1 Å². The Balaban J connectivity index is 1.60. The third-order valence-corrected chi connectivity index (χ3v) is 4.15. The highest BCUT2D eigenvalue weighted by Gasteiger charge is 2.07. The van der Waals surface area contributed by atoms with Gasteiger partial charge in [-0.1, -0.05) is 47.5 Å². The van der Waals surface area contributed by atoms with Gasteiger partial charge in [0.15, 0.2) is 0 Å². The fourth-order valence-corrected chi connectivity index (χ4v) is 2.51. The summed E-state index contributed by atoms with van der Waals surface area (Å²) < 4.78 is 5.72. The molecule has 0 aliphatic heterocycles. The van der Waals surface area contributed by atoms with Gasteiger partial charge in [-0.05, 0) is 49.4 Å². The number of aryl methyl sites for hydroxylation is 1. The van der Waals surface area contributed by atoms with Crippen molar-refractivity contribution in [3.8, 4) is 5.75 Å². The van der Waals surface area contributed by atoms with E-state index in [1.165, 1.54) is 0 Å². The lowest BCUT2D eigenvalue weighted by Gasteiger charge is -2.09. The third kappa shape index (κ3) is 4.61. The Morgan fingerprint density at radius 3 is 2.32 bits per heavy atom. The molecule has 0 saturated heterocycles. The van der Waals surface area contributed by atoms with E-state index in [-0.39, 0.29) is 5.91 Å². The van der Waals surface area contributed by atoms with Crippen LogP contribution >= 0.6 is 11.6 Å². The SMILES string of the molecule is Cc1ccc(NC(=O)c2ccc(OCc3ccccc3Cl)cc2)cc1. The van der Waals surface area contributed by atoms with Crippen LogP contribution in [0.2, 0.25) is 5.02 Å². The van der Waals surface area contributed by atoms with Gasteiger partial charge in [0, 0.05) is 21.8 Å². The molecular weight excluding hydrogens is 334 g/mol. The Labute approximate surface area is 152 Å². The van der Waals surface area contributed by atoms with Gasteiger partial charge in [0.25, 0.3) is 5.91 Å². The van der Waals surface area contributed by atoms with Gasteiger partial charge < -0.3 is 10.1 Å². The van der Waals surface area contributed by atoms with Gasteiger partial charge in [0.05, 0.1) is 0 Å². The molecule has 3 nitrogen and oxygen atoms in total. The molecule has 0 spiro atoms. The summed E-state index contributed by atoms with van der Waals surface area (Å²) in [6.45, 7) is 2.39. The number of halogens is 1. The zero-order valence-corrected chi connectivity index (χ0v) is 14.6. The molecule has 1 N–H and O–H groups in total. The average molecular weight is 352 g/mol. The quantitative estimate of drug-likeness (QED) is 0.661. The summed E-state index contributed by atoms with van der Waals surface area (Å²) in [5, 5.41) is 3.55. The van der Waals surface area contributed by atoms with Crippen LogP contribution in [0.4, 0.5) is 5.69 Å². The first-order chi connectivity index (χ1) is 12.1. The molecule has 0 heterocycles.